The number of fused-ring (bicyclic) bond motifs is 3. The summed E-state index contributed by atoms with van der Waals surface area (Å²) in [6, 6.07) is 0. The molecule has 3 aromatic rings. The molecule has 0 aliphatic heterocycles. The van der Waals surface area contributed by atoms with Gasteiger partial charge in [0, 0.05) is 21.1 Å². The van der Waals surface area contributed by atoms with Gasteiger partial charge in [0.05, 0.1) is 19.6 Å². The second-order valence-electron chi connectivity index (χ2n) is 4.44. The summed E-state index contributed by atoms with van der Waals surface area (Å²) in [5, 5.41) is 0. The lowest BCUT2D eigenvalue weighted by Gasteiger charge is -2.08. The lowest BCUT2D eigenvalue weighted by molar-refractivity contribution is -0.646. The third kappa shape index (κ3) is 1.23. The van der Waals surface area contributed by atoms with E-state index in [2.05, 4.69) is 14.4 Å². The minimum Gasteiger partial charge on any atom is -0.347 e. The van der Waals surface area contributed by atoms with Gasteiger partial charge in [0.15, 0.2) is 5.52 Å². The van der Waals surface area contributed by atoms with E-state index in [1.807, 2.05) is 60.9 Å². The van der Waals surface area contributed by atoms with Gasteiger partial charge in [0.1, 0.15) is 6.20 Å². The van der Waals surface area contributed by atoms with Crippen molar-refractivity contribution in [1.82, 2.24) is 18.9 Å². The van der Waals surface area contributed by atoms with Crippen molar-refractivity contribution >= 4 is 22.8 Å². The van der Waals surface area contributed by atoms with Crippen LogP contribution in [0.2, 0.25) is 0 Å². The second-order valence-corrected chi connectivity index (χ2v) is 4.44. The average molecular weight is 231 g/mol. The summed E-state index contributed by atoms with van der Waals surface area (Å²) < 4.78 is 6.06. The zero-order chi connectivity index (χ0) is 12.2. The van der Waals surface area contributed by atoms with E-state index >= 15 is 0 Å². The lowest BCUT2D eigenvalue weighted by atomic mass is 10.4. The Hall–Kier alpha value is -2.11. The number of hydrogen-bond acceptors (Lipinski definition) is 3. The van der Waals surface area contributed by atoms with Crippen molar-refractivity contribution in [1.29, 1.82) is 0 Å². The highest BCUT2D eigenvalue weighted by atomic mass is 15.3. The van der Waals surface area contributed by atoms with Gasteiger partial charge in [-0.25, -0.2) is 9.55 Å². The summed E-state index contributed by atoms with van der Waals surface area (Å²) in [5.41, 5.74) is 1.97. The number of imidazole rings is 2. The van der Waals surface area contributed by atoms with Gasteiger partial charge in [-0.15, -0.1) is 0 Å². The smallest absolute Gasteiger partial charge is 0.347 e. The zero-order valence-corrected chi connectivity index (χ0v) is 10.4. The molecule has 0 aliphatic carbocycles. The molecular weight excluding hydrogens is 216 g/mol. The molecule has 0 aliphatic rings. The molecule has 0 N–H and O–H groups in total. The largest absolute Gasteiger partial charge is 0.406 e. The van der Waals surface area contributed by atoms with Crippen LogP contribution in [0, 0.1) is 0 Å². The van der Waals surface area contributed by atoms with Gasteiger partial charge in [-0.3, -0.25) is 0 Å². The van der Waals surface area contributed by atoms with Crippen molar-refractivity contribution in [3.8, 4) is 0 Å². The minimum absolute atomic E-state index is 0.891. The molecule has 0 fully saturated rings. The van der Waals surface area contributed by atoms with Gasteiger partial charge in [-0.05, 0) is 4.98 Å². The third-order valence-electron chi connectivity index (χ3n) is 2.95. The van der Waals surface area contributed by atoms with E-state index in [1.165, 1.54) is 0 Å². The summed E-state index contributed by atoms with van der Waals surface area (Å²) >= 11 is 0. The number of anilines is 1. The van der Waals surface area contributed by atoms with E-state index in [1.54, 1.807) is 0 Å². The van der Waals surface area contributed by atoms with Crippen LogP contribution in [0.1, 0.15) is 0 Å². The summed E-state index contributed by atoms with van der Waals surface area (Å²) in [6.45, 7) is 0. The van der Waals surface area contributed by atoms with Crippen molar-refractivity contribution in [2.75, 3.05) is 19.0 Å². The Morgan fingerprint density at radius 1 is 1.35 bits per heavy atom. The van der Waals surface area contributed by atoms with Gasteiger partial charge < -0.3 is 9.47 Å². The highest BCUT2D eigenvalue weighted by molar-refractivity contribution is 5.85. The number of hydrogen-bond donors (Lipinski definition) is 0. The topological polar surface area (TPSA) is 42.2 Å². The SMILES string of the molecule is CN(C)c1nc2n(cc[n+]2C)c2c1ncn2C. The molecule has 0 aromatic carbocycles. The Morgan fingerprint density at radius 2 is 2.12 bits per heavy atom. The fourth-order valence-electron chi connectivity index (χ4n) is 2.09. The number of nitrogens with zero attached hydrogens (tertiary/aromatic N) is 6. The van der Waals surface area contributed by atoms with Gasteiger partial charge in [0.2, 0.25) is 11.5 Å². The highest BCUT2D eigenvalue weighted by Crippen LogP contribution is 2.22. The van der Waals surface area contributed by atoms with Crippen LogP contribution in [0.3, 0.4) is 0 Å². The molecule has 17 heavy (non-hydrogen) atoms. The molecule has 0 spiro atoms. The summed E-state index contributed by atoms with van der Waals surface area (Å²) in [5.74, 6) is 1.80. The van der Waals surface area contributed by atoms with Crippen LogP contribution >= 0.6 is 0 Å². The van der Waals surface area contributed by atoms with E-state index in [9.17, 15) is 0 Å². The normalized spacial score (nSPS) is 11.5. The van der Waals surface area contributed by atoms with E-state index in [-0.39, 0.29) is 0 Å². The lowest BCUT2D eigenvalue weighted by Crippen LogP contribution is -2.27. The minimum atomic E-state index is 0.891. The number of aryl methyl sites for hydroxylation is 2. The van der Waals surface area contributed by atoms with Crippen molar-refractivity contribution in [3.05, 3.63) is 18.7 Å². The fraction of sp³-hybridized carbons (Fsp3) is 0.364. The predicted octanol–water partition coefficient (Wildman–Crippen LogP) is 0.111. The van der Waals surface area contributed by atoms with E-state index in [0.717, 1.165) is 22.8 Å². The molecule has 0 bridgehead atoms. The molecule has 88 valence electrons. The molecule has 3 rings (SSSR count). The molecule has 0 unspecified atom stereocenters. The maximum atomic E-state index is 4.65. The van der Waals surface area contributed by atoms with E-state index in [0.29, 0.717) is 0 Å². The Morgan fingerprint density at radius 3 is 2.82 bits per heavy atom. The Labute approximate surface area is 98.7 Å². The Kier molecular flexibility index (Phi) is 1.89. The zero-order valence-electron chi connectivity index (χ0n) is 10.4. The summed E-state index contributed by atoms with van der Waals surface area (Å²) in [4.78, 5) is 11.1. The maximum absolute atomic E-state index is 4.65. The summed E-state index contributed by atoms with van der Waals surface area (Å²) in [6.07, 6.45) is 5.82. The van der Waals surface area contributed by atoms with Crippen LogP contribution in [0.15, 0.2) is 18.7 Å². The first-order chi connectivity index (χ1) is 8.09. The molecule has 3 aromatic heterocycles. The highest BCUT2D eigenvalue weighted by Gasteiger charge is 2.21. The van der Waals surface area contributed by atoms with Crippen molar-refractivity contribution in [2.45, 2.75) is 0 Å². The summed E-state index contributed by atoms with van der Waals surface area (Å²) in [7, 11) is 7.95. The van der Waals surface area contributed by atoms with Crippen LogP contribution in [0.5, 0.6) is 0 Å². The van der Waals surface area contributed by atoms with Gasteiger partial charge >= 0.3 is 5.78 Å². The van der Waals surface area contributed by atoms with Crippen LogP contribution < -0.4 is 9.47 Å². The first-order valence-electron chi connectivity index (χ1n) is 5.44. The first-order valence-corrected chi connectivity index (χ1v) is 5.44. The van der Waals surface area contributed by atoms with Crippen LogP contribution in [0.4, 0.5) is 5.82 Å². The Bertz CT molecular complexity index is 705. The molecule has 0 saturated carbocycles. The Balaban J connectivity index is 2.58. The van der Waals surface area contributed by atoms with Gasteiger partial charge in [-0.2, -0.15) is 4.40 Å². The number of aromatic nitrogens is 5. The van der Waals surface area contributed by atoms with E-state index < -0.39 is 0 Å². The second kappa shape index (κ2) is 3.19. The number of rotatable bonds is 1. The molecule has 0 amide bonds. The van der Waals surface area contributed by atoms with Crippen LogP contribution in [-0.4, -0.2) is 33.0 Å². The maximum Gasteiger partial charge on any atom is 0.406 e. The monoisotopic (exact) mass is 231 g/mol. The van der Waals surface area contributed by atoms with E-state index in [4.69, 9.17) is 0 Å². The molecule has 0 atom stereocenters. The standard InChI is InChI=1S/C11H15N6/c1-14(2)9-8-10(16(4)7-12-8)17-6-5-15(3)11(17)13-9/h5-7H,1-4H3/q+1. The van der Waals surface area contributed by atoms with Gasteiger partial charge in [0.25, 0.3) is 0 Å². The van der Waals surface area contributed by atoms with Crippen molar-refractivity contribution < 1.29 is 4.57 Å². The average Bonchev–Trinajstić information content (AvgIpc) is 2.83. The fourth-order valence-corrected chi connectivity index (χ4v) is 2.09. The molecule has 0 saturated heterocycles. The molecule has 3 heterocycles. The quantitative estimate of drug-likeness (QED) is 0.558. The van der Waals surface area contributed by atoms with Crippen LogP contribution in [-0.2, 0) is 14.1 Å². The molecule has 6 nitrogen and oxygen atoms in total. The van der Waals surface area contributed by atoms with Crippen molar-refractivity contribution in [2.24, 2.45) is 14.1 Å². The molecular formula is C11H15N6+. The van der Waals surface area contributed by atoms with Gasteiger partial charge in [-0.1, -0.05) is 0 Å². The third-order valence-corrected chi connectivity index (χ3v) is 2.95. The van der Waals surface area contributed by atoms with Crippen LogP contribution in [0.25, 0.3) is 16.9 Å². The first kappa shape index (κ1) is 10.1. The molecule has 6 heteroatoms. The molecule has 0 radical (unpaired) electrons. The predicted molar refractivity (Wildman–Crippen MR) is 65.0 cm³/mol. The van der Waals surface area contributed by atoms with Crippen molar-refractivity contribution in [3.63, 3.8) is 0 Å².